The van der Waals surface area contributed by atoms with E-state index in [1.807, 2.05) is 0 Å². The minimum Gasteiger partial charge on any atom is -1.00 e. The smallest absolute Gasteiger partial charge is 1.00 e. The summed E-state index contributed by atoms with van der Waals surface area (Å²) >= 11 is 26.8. The maximum absolute atomic E-state index is 8.57. The summed E-state index contributed by atoms with van der Waals surface area (Å²) in [6.07, 6.45) is 2.93. The van der Waals surface area contributed by atoms with Gasteiger partial charge in [-0.3, -0.25) is 0 Å². The summed E-state index contributed by atoms with van der Waals surface area (Å²) in [5, 5.41) is 26.7. The Labute approximate surface area is 407 Å². The molecule has 0 atom stereocenters. The fourth-order valence-electron chi connectivity index (χ4n) is 4.88. The number of nitrogen functional groups attached to an aromatic ring is 2. The maximum atomic E-state index is 8.57. The van der Waals surface area contributed by atoms with Crippen LogP contribution in [0.25, 0.3) is 22.5 Å². The van der Waals surface area contributed by atoms with E-state index < -0.39 is 0 Å². The zero-order chi connectivity index (χ0) is 42.2. The first-order chi connectivity index (χ1) is 28.7. The number of hydrogen-bond acceptors (Lipinski definition) is 16. The number of rotatable bonds is 22. The summed E-state index contributed by atoms with van der Waals surface area (Å²) in [6, 6.07) is 10.5. The number of aryl methyl sites for hydroxylation is 2. The van der Waals surface area contributed by atoms with Crippen LogP contribution in [-0.2, 0) is 46.0 Å². The van der Waals surface area contributed by atoms with Crippen molar-refractivity contribution >= 4 is 80.6 Å². The van der Waals surface area contributed by atoms with Gasteiger partial charge in [0.05, 0.1) is 103 Å². The Morgan fingerprint density at radius 2 is 1.05 bits per heavy atom. The molecule has 326 valence electrons. The van der Waals surface area contributed by atoms with Crippen molar-refractivity contribution in [2.45, 2.75) is 35.7 Å². The number of aliphatic hydroxyl groups excluding tert-OH is 1. The fraction of sp³-hybridized carbons (Fsp3) is 0.526. The third-order valence-corrected chi connectivity index (χ3v) is 10.4. The van der Waals surface area contributed by atoms with Crippen molar-refractivity contribution in [2.75, 3.05) is 104 Å². The molecule has 0 radical (unpaired) electrons. The van der Waals surface area contributed by atoms with Crippen LogP contribution < -0.4 is 41.0 Å². The molecule has 16 nitrogen and oxygen atoms in total. The van der Waals surface area contributed by atoms with Gasteiger partial charge >= 0.3 is 29.6 Å². The number of aliphatic hydroxyl groups is 1. The van der Waals surface area contributed by atoms with Crippen LogP contribution in [0.3, 0.4) is 0 Å². The fourth-order valence-corrected chi connectivity index (χ4v) is 6.17. The van der Waals surface area contributed by atoms with Gasteiger partial charge in [0.15, 0.2) is 23.3 Å². The van der Waals surface area contributed by atoms with Crippen LogP contribution in [0.1, 0.15) is 25.9 Å². The SMILES string of the molecule is IC1COC1.Nc1nc(CCCOCCOCCO)nnc1-c1cccc(Cl)c1Cl.Nc1nc(CCCOCCOCCOC2COC2)nnc1-c1cccc(Cl)c1Cl.[H-].[Na+]. The summed E-state index contributed by atoms with van der Waals surface area (Å²) in [6.45, 7) is 7.92. The molecule has 0 bridgehead atoms. The number of nitrogens with two attached hydrogens (primary N) is 2. The van der Waals surface area contributed by atoms with E-state index >= 15 is 0 Å². The molecule has 0 spiro atoms. The number of nitrogens with zero attached hydrogens (tertiary/aromatic N) is 6. The first-order valence-electron chi connectivity index (χ1n) is 18.9. The molecule has 6 rings (SSSR count). The Hall–Kier alpha value is -1.37. The molecule has 4 heterocycles. The molecule has 2 saturated heterocycles. The number of hydrogen-bond donors (Lipinski definition) is 3. The predicted octanol–water partition coefficient (Wildman–Crippen LogP) is 3.13. The Kier molecular flexibility index (Phi) is 27.1. The average Bonchev–Trinajstić information content (AvgIpc) is 3.19. The van der Waals surface area contributed by atoms with E-state index in [-0.39, 0.29) is 55.3 Å². The number of benzene rings is 2. The van der Waals surface area contributed by atoms with Gasteiger partial charge in [-0.15, -0.1) is 20.4 Å². The molecule has 2 aromatic carbocycles. The Morgan fingerprint density at radius 1 is 0.633 bits per heavy atom. The number of aromatic nitrogens is 6. The molecule has 5 N–H and O–H groups in total. The van der Waals surface area contributed by atoms with Crippen LogP contribution in [0.4, 0.5) is 11.6 Å². The monoisotopic (exact) mass is 1040 g/mol. The van der Waals surface area contributed by atoms with Crippen LogP contribution in [0, 0.1) is 0 Å². The van der Waals surface area contributed by atoms with Gasteiger partial charge in [-0.25, -0.2) is 9.97 Å². The minimum atomic E-state index is 0. The van der Waals surface area contributed by atoms with E-state index in [2.05, 4.69) is 53.0 Å². The van der Waals surface area contributed by atoms with Crippen molar-refractivity contribution < 1.29 is 69.2 Å². The molecule has 0 amide bonds. The number of ether oxygens (including phenoxy) is 7. The van der Waals surface area contributed by atoms with E-state index in [1.54, 1.807) is 36.4 Å². The molecular weight excluding hydrogens is 988 g/mol. The molecular formula is C38H50Cl4IN8NaO8. The van der Waals surface area contributed by atoms with Gasteiger partial charge in [0.25, 0.3) is 0 Å². The van der Waals surface area contributed by atoms with E-state index in [9.17, 15) is 0 Å². The topological polar surface area (TPSA) is 214 Å². The molecule has 0 unspecified atom stereocenters. The second-order valence-electron chi connectivity index (χ2n) is 12.7. The number of halogens is 5. The summed E-state index contributed by atoms with van der Waals surface area (Å²) in [5.41, 5.74) is 14.1. The van der Waals surface area contributed by atoms with Gasteiger partial charge in [-0.2, -0.15) is 0 Å². The first-order valence-corrected chi connectivity index (χ1v) is 21.6. The molecule has 0 aliphatic carbocycles. The van der Waals surface area contributed by atoms with Crippen LogP contribution in [0.5, 0.6) is 0 Å². The van der Waals surface area contributed by atoms with E-state index in [0.717, 1.165) is 30.0 Å². The van der Waals surface area contributed by atoms with Crippen LogP contribution >= 0.6 is 69.0 Å². The third-order valence-electron chi connectivity index (χ3n) is 8.07. The molecule has 2 aliphatic rings. The van der Waals surface area contributed by atoms with Crippen molar-refractivity contribution in [3.63, 3.8) is 0 Å². The van der Waals surface area contributed by atoms with Crippen LogP contribution in [-0.4, -0.2) is 138 Å². The standard InChI is InChI=1S/C19H24Cl2N4O4.C16H20Cl2N4O3.C3H5IO.Na.H/c20-15-4-1-3-14(17(15)21)18-19(22)23-16(24-25-18)5-2-6-26-7-8-27-9-10-29-13-11-28-12-13;17-12-4-1-3-11(14(12)18)15-16(19)20-13(21-22-15)5-2-7-24-9-10-25-8-6-23;4-3-1-5-2-3;;/h1,3-4,13H,2,5-12H2,(H2,22,23,24);1,3-4,23H,2,5-10H2,(H2,19,20,21);3H,1-2H2;;/q;;;+1;-1. The van der Waals surface area contributed by atoms with Gasteiger partial charge in [0, 0.05) is 37.2 Å². The second-order valence-corrected chi connectivity index (χ2v) is 16.0. The summed E-state index contributed by atoms with van der Waals surface area (Å²) in [4.78, 5) is 8.59. The molecule has 2 aliphatic heterocycles. The number of alkyl halides is 1. The first kappa shape index (κ1) is 53.0. The van der Waals surface area contributed by atoms with Crippen molar-refractivity contribution in [3.05, 3.63) is 68.1 Å². The second kappa shape index (κ2) is 30.7. The van der Waals surface area contributed by atoms with Gasteiger partial charge in [-0.1, -0.05) is 93.3 Å². The van der Waals surface area contributed by atoms with E-state index in [4.69, 9.17) is 96.1 Å². The quantitative estimate of drug-likeness (QED) is 0.0447. The summed E-state index contributed by atoms with van der Waals surface area (Å²) in [7, 11) is 0. The molecule has 4 aromatic rings. The summed E-state index contributed by atoms with van der Waals surface area (Å²) in [5.74, 6) is 1.62. The molecule has 22 heteroatoms. The average molecular weight is 1040 g/mol. The van der Waals surface area contributed by atoms with Crippen molar-refractivity contribution in [3.8, 4) is 22.5 Å². The molecule has 0 saturated carbocycles. The molecule has 60 heavy (non-hydrogen) atoms. The van der Waals surface area contributed by atoms with E-state index in [1.165, 1.54) is 0 Å². The molecule has 2 fully saturated rings. The largest absolute Gasteiger partial charge is 1.00 e. The van der Waals surface area contributed by atoms with Crippen molar-refractivity contribution in [2.24, 2.45) is 0 Å². The van der Waals surface area contributed by atoms with Crippen LogP contribution in [0.2, 0.25) is 20.1 Å². The normalized spacial score (nSPS) is 13.6. The predicted molar refractivity (Wildman–Crippen MR) is 237 cm³/mol. The van der Waals surface area contributed by atoms with Crippen LogP contribution in [0.15, 0.2) is 36.4 Å². The Balaban J connectivity index is 0.000000368. The van der Waals surface area contributed by atoms with Gasteiger partial charge in [0.1, 0.15) is 17.5 Å². The van der Waals surface area contributed by atoms with Gasteiger partial charge in [-0.05, 0) is 25.0 Å². The minimum absolute atomic E-state index is 0. The number of anilines is 2. The zero-order valence-electron chi connectivity index (χ0n) is 34.4. The Morgan fingerprint density at radius 3 is 1.43 bits per heavy atom. The Bertz CT molecular complexity index is 1850. The van der Waals surface area contributed by atoms with Crippen molar-refractivity contribution in [1.29, 1.82) is 0 Å². The summed E-state index contributed by atoms with van der Waals surface area (Å²) < 4.78 is 37.6. The van der Waals surface area contributed by atoms with Gasteiger partial charge < -0.3 is 51.2 Å². The van der Waals surface area contributed by atoms with E-state index in [0.29, 0.717) is 140 Å². The maximum Gasteiger partial charge on any atom is 1.00 e. The van der Waals surface area contributed by atoms with Gasteiger partial charge in [0.2, 0.25) is 0 Å². The zero-order valence-corrected chi connectivity index (χ0v) is 40.6. The molecule has 2 aromatic heterocycles. The van der Waals surface area contributed by atoms with Crippen molar-refractivity contribution in [1.82, 2.24) is 30.4 Å². The third kappa shape index (κ3) is 19.2.